The standard InChI is InChI=1S/C24H20N2O4/c1-15-5-4-6-16(2)22(15)26-23(27)19(14-25)13-20-11-12-21(30-20)17-7-9-18(10-8-17)24(28)29-3/h4-13H,1-3H3,(H,26,27)/b19-13-. The van der Waals surface area contributed by atoms with Gasteiger partial charge < -0.3 is 14.5 Å². The minimum Gasteiger partial charge on any atom is -0.465 e. The molecule has 2 aromatic carbocycles. The van der Waals surface area contributed by atoms with Crippen molar-refractivity contribution in [3.63, 3.8) is 0 Å². The minimum atomic E-state index is -0.504. The van der Waals surface area contributed by atoms with Gasteiger partial charge >= 0.3 is 5.97 Å². The molecule has 6 nitrogen and oxygen atoms in total. The average molecular weight is 400 g/mol. The van der Waals surface area contributed by atoms with Gasteiger partial charge in [-0.15, -0.1) is 0 Å². The molecule has 0 fully saturated rings. The summed E-state index contributed by atoms with van der Waals surface area (Å²) in [5, 5.41) is 12.2. The van der Waals surface area contributed by atoms with Crippen LogP contribution in [0.3, 0.4) is 0 Å². The SMILES string of the molecule is COC(=O)c1ccc(-c2ccc(/C=C(/C#N)C(=O)Nc3c(C)cccc3C)o2)cc1. The molecule has 150 valence electrons. The molecule has 1 N–H and O–H groups in total. The van der Waals surface area contributed by atoms with Crippen molar-refractivity contribution in [3.8, 4) is 17.4 Å². The van der Waals surface area contributed by atoms with Crippen LogP contribution < -0.4 is 5.32 Å². The minimum absolute atomic E-state index is 0.0698. The third kappa shape index (κ3) is 4.47. The number of anilines is 1. The Balaban J connectivity index is 1.80. The fourth-order valence-electron chi connectivity index (χ4n) is 2.96. The highest BCUT2D eigenvalue weighted by Gasteiger charge is 2.14. The van der Waals surface area contributed by atoms with E-state index in [9.17, 15) is 14.9 Å². The Morgan fingerprint density at radius 1 is 1.03 bits per heavy atom. The molecule has 0 spiro atoms. The molecule has 30 heavy (non-hydrogen) atoms. The molecule has 6 heteroatoms. The summed E-state index contributed by atoms with van der Waals surface area (Å²) in [7, 11) is 1.32. The Labute approximate surface area is 174 Å². The van der Waals surface area contributed by atoms with Crippen molar-refractivity contribution < 1.29 is 18.7 Å². The number of rotatable bonds is 5. The zero-order valence-corrected chi connectivity index (χ0v) is 16.9. The lowest BCUT2D eigenvalue weighted by Gasteiger charge is -2.10. The first-order valence-electron chi connectivity index (χ1n) is 9.21. The molecule has 0 aliphatic carbocycles. The predicted octanol–water partition coefficient (Wildman–Crippen LogP) is 4.90. The first kappa shape index (κ1) is 20.6. The molecule has 0 aliphatic rings. The molecular weight excluding hydrogens is 380 g/mol. The van der Waals surface area contributed by atoms with Gasteiger partial charge in [-0.25, -0.2) is 4.79 Å². The van der Waals surface area contributed by atoms with Crippen LogP contribution in [0.4, 0.5) is 5.69 Å². The number of nitriles is 1. The van der Waals surface area contributed by atoms with Gasteiger partial charge in [0.05, 0.1) is 12.7 Å². The van der Waals surface area contributed by atoms with Crippen LogP contribution in [-0.2, 0) is 9.53 Å². The second-order valence-corrected chi connectivity index (χ2v) is 6.66. The van der Waals surface area contributed by atoms with E-state index in [2.05, 4.69) is 10.1 Å². The van der Waals surface area contributed by atoms with Crippen molar-refractivity contribution >= 4 is 23.6 Å². The van der Waals surface area contributed by atoms with E-state index in [0.717, 1.165) is 16.7 Å². The highest BCUT2D eigenvalue weighted by molar-refractivity contribution is 6.10. The molecular formula is C24H20N2O4. The fraction of sp³-hybridized carbons (Fsp3) is 0.125. The normalized spacial score (nSPS) is 10.9. The molecule has 0 aliphatic heterocycles. The number of hydrogen-bond donors (Lipinski definition) is 1. The number of nitrogens with zero attached hydrogens (tertiary/aromatic N) is 1. The quantitative estimate of drug-likeness (QED) is 0.374. The number of hydrogen-bond acceptors (Lipinski definition) is 5. The Morgan fingerprint density at radius 3 is 2.30 bits per heavy atom. The van der Waals surface area contributed by atoms with Gasteiger partial charge in [0.15, 0.2) is 0 Å². The van der Waals surface area contributed by atoms with Crippen molar-refractivity contribution in [1.29, 1.82) is 5.26 Å². The largest absolute Gasteiger partial charge is 0.465 e. The number of methoxy groups -OCH3 is 1. The molecule has 1 aromatic heterocycles. The highest BCUT2D eigenvalue weighted by Crippen LogP contribution is 2.25. The summed E-state index contributed by atoms with van der Waals surface area (Å²) in [4.78, 5) is 24.1. The zero-order chi connectivity index (χ0) is 21.7. The maximum Gasteiger partial charge on any atom is 0.337 e. The summed E-state index contributed by atoms with van der Waals surface area (Å²) >= 11 is 0. The smallest absolute Gasteiger partial charge is 0.337 e. The van der Waals surface area contributed by atoms with Crippen molar-refractivity contribution in [2.75, 3.05) is 12.4 Å². The Morgan fingerprint density at radius 2 is 1.70 bits per heavy atom. The van der Waals surface area contributed by atoms with Crippen LogP contribution in [0.15, 0.2) is 64.6 Å². The Hall–Kier alpha value is -4.11. The van der Waals surface area contributed by atoms with E-state index in [4.69, 9.17) is 4.42 Å². The van der Waals surface area contributed by atoms with Crippen LogP contribution in [-0.4, -0.2) is 19.0 Å². The summed E-state index contributed by atoms with van der Waals surface area (Å²) < 4.78 is 10.4. The number of carbonyl (C=O) groups excluding carboxylic acids is 2. The Bertz CT molecular complexity index is 1140. The van der Waals surface area contributed by atoms with E-state index < -0.39 is 11.9 Å². The number of para-hydroxylation sites is 1. The number of esters is 1. The highest BCUT2D eigenvalue weighted by atomic mass is 16.5. The lowest BCUT2D eigenvalue weighted by Crippen LogP contribution is -2.15. The zero-order valence-electron chi connectivity index (χ0n) is 16.9. The molecule has 0 saturated carbocycles. The van der Waals surface area contributed by atoms with Gasteiger partial charge in [-0.05, 0) is 49.2 Å². The van der Waals surface area contributed by atoms with E-state index in [1.165, 1.54) is 13.2 Å². The maximum absolute atomic E-state index is 12.6. The summed E-state index contributed by atoms with van der Waals surface area (Å²) in [5.74, 6) is -0.00572. The molecule has 0 bridgehead atoms. The van der Waals surface area contributed by atoms with Crippen LogP contribution in [0.2, 0.25) is 0 Å². The summed E-state index contributed by atoms with van der Waals surface area (Å²) in [6.07, 6.45) is 1.40. The number of carbonyl (C=O) groups is 2. The topological polar surface area (TPSA) is 92.3 Å². The van der Waals surface area contributed by atoms with E-state index in [1.807, 2.05) is 38.1 Å². The summed E-state index contributed by atoms with van der Waals surface area (Å²) in [5.41, 5.74) is 3.63. The molecule has 3 aromatic rings. The third-order valence-electron chi connectivity index (χ3n) is 4.59. The van der Waals surface area contributed by atoms with Gasteiger partial charge in [-0.1, -0.05) is 30.3 Å². The Kier molecular flexibility index (Phi) is 6.14. The fourth-order valence-corrected chi connectivity index (χ4v) is 2.96. The van der Waals surface area contributed by atoms with Crippen LogP contribution in [0.1, 0.15) is 27.2 Å². The monoisotopic (exact) mass is 400 g/mol. The van der Waals surface area contributed by atoms with Crippen molar-refractivity contribution in [2.24, 2.45) is 0 Å². The lowest BCUT2D eigenvalue weighted by molar-refractivity contribution is -0.112. The first-order valence-corrected chi connectivity index (χ1v) is 9.21. The van der Waals surface area contributed by atoms with Gasteiger partial charge in [-0.2, -0.15) is 5.26 Å². The second kappa shape index (κ2) is 8.93. The third-order valence-corrected chi connectivity index (χ3v) is 4.59. The van der Waals surface area contributed by atoms with Crippen LogP contribution in [0.25, 0.3) is 17.4 Å². The van der Waals surface area contributed by atoms with Gasteiger partial charge in [0.2, 0.25) is 0 Å². The van der Waals surface area contributed by atoms with Crippen molar-refractivity contribution in [2.45, 2.75) is 13.8 Å². The first-order chi connectivity index (χ1) is 14.4. The number of aryl methyl sites for hydroxylation is 2. The van der Waals surface area contributed by atoms with E-state index in [0.29, 0.717) is 22.8 Å². The summed E-state index contributed by atoms with van der Waals surface area (Å²) in [6, 6.07) is 17.8. The van der Waals surface area contributed by atoms with Crippen LogP contribution in [0, 0.1) is 25.2 Å². The molecule has 0 saturated heterocycles. The van der Waals surface area contributed by atoms with E-state index in [1.54, 1.807) is 36.4 Å². The van der Waals surface area contributed by atoms with Crippen molar-refractivity contribution in [3.05, 3.63) is 82.6 Å². The number of furan rings is 1. The lowest BCUT2D eigenvalue weighted by atomic mass is 10.1. The van der Waals surface area contributed by atoms with E-state index in [-0.39, 0.29) is 5.57 Å². The molecule has 1 amide bonds. The maximum atomic E-state index is 12.6. The van der Waals surface area contributed by atoms with Gasteiger partial charge in [0, 0.05) is 17.3 Å². The molecule has 0 atom stereocenters. The molecule has 3 rings (SSSR count). The van der Waals surface area contributed by atoms with E-state index >= 15 is 0 Å². The van der Waals surface area contributed by atoms with Gasteiger partial charge in [0.25, 0.3) is 5.91 Å². The van der Waals surface area contributed by atoms with Crippen LogP contribution >= 0.6 is 0 Å². The van der Waals surface area contributed by atoms with Crippen molar-refractivity contribution in [1.82, 2.24) is 0 Å². The van der Waals surface area contributed by atoms with Crippen LogP contribution in [0.5, 0.6) is 0 Å². The van der Waals surface area contributed by atoms with Gasteiger partial charge in [-0.3, -0.25) is 4.79 Å². The molecule has 0 unspecified atom stereocenters. The molecule has 1 heterocycles. The number of amides is 1. The summed E-state index contributed by atoms with van der Waals surface area (Å²) in [6.45, 7) is 3.78. The predicted molar refractivity (Wildman–Crippen MR) is 114 cm³/mol. The molecule has 0 radical (unpaired) electrons. The second-order valence-electron chi connectivity index (χ2n) is 6.66. The number of ether oxygens (including phenoxy) is 1. The number of nitrogens with one attached hydrogen (secondary N) is 1. The average Bonchev–Trinajstić information content (AvgIpc) is 3.22. The van der Waals surface area contributed by atoms with Gasteiger partial charge in [0.1, 0.15) is 23.2 Å². The number of benzene rings is 2.